The number of nitrogens with zero attached hydrogens (tertiary/aromatic N) is 1. The van der Waals surface area contributed by atoms with Gasteiger partial charge in [-0.3, -0.25) is 9.59 Å². The monoisotopic (exact) mass is 401 g/mol. The first-order valence-corrected chi connectivity index (χ1v) is 9.83. The van der Waals surface area contributed by atoms with E-state index in [1.165, 1.54) is 5.56 Å². The lowest BCUT2D eigenvalue weighted by Crippen LogP contribution is -2.43. The van der Waals surface area contributed by atoms with Crippen molar-refractivity contribution in [3.05, 3.63) is 95.6 Å². The fourth-order valence-corrected chi connectivity index (χ4v) is 3.58. The minimum atomic E-state index is -0.526. The van der Waals surface area contributed by atoms with Gasteiger partial charge in [0.1, 0.15) is 11.9 Å². The summed E-state index contributed by atoms with van der Waals surface area (Å²) in [5.74, 6) is 0.0255. The molecule has 0 radical (unpaired) electrons. The number of ether oxygens (including phenoxy) is 1. The molecule has 1 aliphatic heterocycles. The maximum atomic E-state index is 13.3. The van der Waals surface area contributed by atoms with E-state index in [4.69, 9.17) is 10.5 Å². The Balaban J connectivity index is 1.59. The van der Waals surface area contributed by atoms with Crippen LogP contribution in [0.2, 0.25) is 0 Å². The fraction of sp³-hybridized carbons (Fsp3) is 0.167. The van der Waals surface area contributed by atoms with Crippen LogP contribution >= 0.6 is 0 Å². The van der Waals surface area contributed by atoms with Crippen LogP contribution in [0.3, 0.4) is 0 Å². The van der Waals surface area contributed by atoms with Crippen molar-refractivity contribution in [3.63, 3.8) is 0 Å². The summed E-state index contributed by atoms with van der Waals surface area (Å²) < 4.78 is 5.34. The average Bonchev–Trinajstić information content (AvgIpc) is 2.78. The topological polar surface area (TPSA) is 84.7 Å². The molecule has 0 aromatic heterocycles. The normalized spacial score (nSPS) is 15.3. The second-order valence-corrected chi connectivity index (χ2v) is 7.15. The minimum absolute atomic E-state index is 0.000615. The van der Waals surface area contributed by atoms with Gasteiger partial charge in [-0.05, 0) is 41.8 Å². The molecular formula is C24H23N3O3. The van der Waals surface area contributed by atoms with Crippen molar-refractivity contribution >= 4 is 17.5 Å². The molecule has 0 aliphatic carbocycles. The summed E-state index contributed by atoms with van der Waals surface area (Å²) >= 11 is 0. The van der Waals surface area contributed by atoms with Crippen molar-refractivity contribution in [2.45, 2.75) is 12.6 Å². The third-order valence-electron chi connectivity index (χ3n) is 5.08. The van der Waals surface area contributed by atoms with Gasteiger partial charge in [-0.15, -0.1) is 0 Å². The number of hydrogen-bond donors (Lipinski definition) is 2. The first-order chi connectivity index (χ1) is 14.6. The molecule has 1 aliphatic rings. The second kappa shape index (κ2) is 8.69. The van der Waals surface area contributed by atoms with Gasteiger partial charge in [-0.1, -0.05) is 54.6 Å². The molecule has 1 atom stereocenters. The number of amides is 2. The highest BCUT2D eigenvalue weighted by Crippen LogP contribution is 2.33. The predicted octanol–water partition coefficient (Wildman–Crippen LogP) is 3.36. The molecule has 2 amide bonds. The molecule has 0 saturated heterocycles. The quantitative estimate of drug-likeness (QED) is 0.636. The number of benzene rings is 3. The molecule has 3 aromatic rings. The first kappa shape index (κ1) is 19.5. The van der Waals surface area contributed by atoms with E-state index in [0.717, 1.165) is 17.7 Å². The average molecular weight is 401 g/mol. The van der Waals surface area contributed by atoms with Gasteiger partial charge in [0, 0.05) is 12.2 Å². The molecule has 1 unspecified atom stereocenters. The van der Waals surface area contributed by atoms with Gasteiger partial charge >= 0.3 is 0 Å². The lowest BCUT2D eigenvalue weighted by molar-refractivity contribution is -0.119. The number of primary amides is 1. The van der Waals surface area contributed by atoms with Crippen molar-refractivity contribution < 1.29 is 14.3 Å². The van der Waals surface area contributed by atoms with Crippen LogP contribution in [-0.4, -0.2) is 29.9 Å². The highest BCUT2D eigenvalue weighted by atomic mass is 16.5. The van der Waals surface area contributed by atoms with Gasteiger partial charge in [0.15, 0.2) is 6.61 Å². The van der Waals surface area contributed by atoms with Gasteiger partial charge in [0.05, 0.1) is 5.56 Å². The molecule has 0 fully saturated rings. The van der Waals surface area contributed by atoms with E-state index in [9.17, 15) is 9.59 Å². The number of fused-ring (bicyclic) bond motifs is 1. The lowest BCUT2D eigenvalue weighted by Gasteiger charge is -2.38. The van der Waals surface area contributed by atoms with Crippen LogP contribution in [0.15, 0.2) is 78.9 Å². The summed E-state index contributed by atoms with van der Waals surface area (Å²) in [6, 6.07) is 25.0. The van der Waals surface area contributed by atoms with E-state index in [2.05, 4.69) is 17.4 Å². The summed E-state index contributed by atoms with van der Waals surface area (Å²) in [5, 5.41) is 3.49. The molecule has 152 valence electrons. The van der Waals surface area contributed by atoms with E-state index in [0.29, 0.717) is 17.9 Å². The lowest BCUT2D eigenvalue weighted by atomic mass is 10.0. The summed E-state index contributed by atoms with van der Waals surface area (Å²) in [7, 11) is 0. The largest absolute Gasteiger partial charge is 0.484 e. The van der Waals surface area contributed by atoms with Crippen molar-refractivity contribution in [2.24, 2.45) is 5.73 Å². The Morgan fingerprint density at radius 3 is 2.40 bits per heavy atom. The molecule has 6 nitrogen and oxygen atoms in total. The maximum Gasteiger partial charge on any atom is 0.257 e. The van der Waals surface area contributed by atoms with E-state index >= 15 is 0 Å². The molecule has 0 bridgehead atoms. The van der Waals surface area contributed by atoms with Gasteiger partial charge in [0.25, 0.3) is 11.8 Å². The number of para-hydroxylation sites is 1. The van der Waals surface area contributed by atoms with E-state index in [-0.39, 0.29) is 18.7 Å². The van der Waals surface area contributed by atoms with Crippen molar-refractivity contribution in [2.75, 3.05) is 18.5 Å². The minimum Gasteiger partial charge on any atom is -0.484 e. The number of nitrogens with one attached hydrogen (secondary N) is 1. The molecule has 0 saturated carbocycles. The standard InChI is InChI=1S/C24H23N3O3/c25-22(28)16-30-19-12-10-18(11-13-19)23-26-21-9-5-4-8-20(21)24(29)27(23)15-14-17-6-2-1-3-7-17/h1-13,23,26H,14-16H2,(H2,25,28). The van der Waals surface area contributed by atoms with Crippen LogP contribution in [0.1, 0.15) is 27.7 Å². The molecule has 3 aromatic carbocycles. The Morgan fingerprint density at radius 2 is 1.67 bits per heavy atom. The molecule has 3 N–H and O–H groups in total. The van der Waals surface area contributed by atoms with Crippen LogP contribution in [0, 0.1) is 0 Å². The van der Waals surface area contributed by atoms with Crippen molar-refractivity contribution in [1.29, 1.82) is 0 Å². The van der Waals surface area contributed by atoms with Crippen molar-refractivity contribution in [1.82, 2.24) is 4.90 Å². The van der Waals surface area contributed by atoms with E-state index in [1.807, 2.05) is 59.5 Å². The SMILES string of the molecule is NC(=O)COc1ccc(C2Nc3ccccc3C(=O)N2CCc2ccccc2)cc1. The van der Waals surface area contributed by atoms with Crippen LogP contribution in [0.25, 0.3) is 0 Å². The first-order valence-electron chi connectivity index (χ1n) is 9.83. The zero-order valence-electron chi connectivity index (χ0n) is 16.5. The van der Waals surface area contributed by atoms with Crippen LogP contribution in [-0.2, 0) is 11.2 Å². The summed E-state index contributed by atoms with van der Waals surface area (Å²) in [6.45, 7) is 0.408. The van der Waals surface area contributed by atoms with Crippen LogP contribution in [0.5, 0.6) is 5.75 Å². The molecule has 30 heavy (non-hydrogen) atoms. The zero-order valence-corrected chi connectivity index (χ0v) is 16.5. The van der Waals surface area contributed by atoms with E-state index in [1.54, 1.807) is 12.1 Å². The molecule has 0 spiro atoms. The third kappa shape index (κ3) is 4.27. The third-order valence-corrected chi connectivity index (χ3v) is 5.08. The fourth-order valence-electron chi connectivity index (χ4n) is 3.58. The van der Waals surface area contributed by atoms with Crippen LogP contribution in [0.4, 0.5) is 5.69 Å². The van der Waals surface area contributed by atoms with Gasteiger partial charge in [-0.2, -0.15) is 0 Å². The molecule has 6 heteroatoms. The Labute approximate surface area is 175 Å². The number of nitrogens with two attached hydrogens (primary N) is 1. The number of anilines is 1. The zero-order chi connectivity index (χ0) is 20.9. The Hall–Kier alpha value is -3.80. The van der Waals surface area contributed by atoms with Gasteiger partial charge in [0.2, 0.25) is 0 Å². The Kier molecular flexibility index (Phi) is 5.66. The smallest absolute Gasteiger partial charge is 0.257 e. The van der Waals surface area contributed by atoms with Crippen molar-refractivity contribution in [3.8, 4) is 5.75 Å². The predicted molar refractivity (Wildman–Crippen MR) is 115 cm³/mol. The van der Waals surface area contributed by atoms with Gasteiger partial charge < -0.3 is 20.7 Å². The molecule has 4 rings (SSSR count). The summed E-state index contributed by atoms with van der Waals surface area (Å²) in [6.07, 6.45) is 0.452. The van der Waals surface area contributed by atoms with E-state index < -0.39 is 5.91 Å². The molecular weight excluding hydrogens is 378 g/mol. The highest BCUT2D eigenvalue weighted by Gasteiger charge is 2.32. The second-order valence-electron chi connectivity index (χ2n) is 7.15. The number of hydrogen-bond acceptors (Lipinski definition) is 4. The summed E-state index contributed by atoms with van der Waals surface area (Å²) in [5.41, 5.74) is 8.72. The maximum absolute atomic E-state index is 13.3. The van der Waals surface area contributed by atoms with Crippen LogP contribution < -0.4 is 15.8 Å². The Morgan fingerprint density at radius 1 is 0.967 bits per heavy atom. The number of carbonyl (C=O) groups is 2. The number of carbonyl (C=O) groups excluding carboxylic acids is 2. The highest BCUT2D eigenvalue weighted by molar-refractivity contribution is 6.01. The Bertz CT molecular complexity index is 1040. The summed E-state index contributed by atoms with van der Waals surface area (Å²) in [4.78, 5) is 26.0. The van der Waals surface area contributed by atoms with Gasteiger partial charge in [-0.25, -0.2) is 0 Å². The molecule has 1 heterocycles. The number of rotatable bonds is 7.